The first kappa shape index (κ1) is 14.7. The molecule has 1 saturated carbocycles. The first-order valence-electron chi connectivity index (χ1n) is 6.78. The van der Waals surface area contributed by atoms with E-state index in [1.165, 1.54) is 18.4 Å². The fraction of sp³-hybridized carbons (Fsp3) is 0.600. The van der Waals surface area contributed by atoms with Crippen LogP contribution in [0.3, 0.4) is 0 Å². The molecule has 0 radical (unpaired) electrons. The molecule has 0 aromatic heterocycles. The zero-order valence-electron chi connectivity index (χ0n) is 11.8. The second-order valence-corrected chi connectivity index (χ2v) is 6.06. The molecule has 0 heterocycles. The minimum atomic E-state index is 0.592. The molecule has 19 heavy (non-hydrogen) atoms. The maximum Gasteiger partial charge on any atom is 0.140 e. The Morgan fingerprint density at radius 1 is 1.32 bits per heavy atom. The van der Waals surface area contributed by atoms with E-state index in [2.05, 4.69) is 34.2 Å². The lowest BCUT2D eigenvalue weighted by Gasteiger charge is -2.17. The van der Waals surface area contributed by atoms with Gasteiger partial charge in [-0.1, -0.05) is 13.0 Å². The van der Waals surface area contributed by atoms with Gasteiger partial charge in [0.1, 0.15) is 16.0 Å². The average molecular weight is 328 g/mol. The van der Waals surface area contributed by atoms with Gasteiger partial charge in [-0.3, -0.25) is 0 Å². The van der Waals surface area contributed by atoms with Crippen LogP contribution in [0.2, 0.25) is 0 Å². The summed E-state index contributed by atoms with van der Waals surface area (Å²) >= 11 is 3.55. The van der Waals surface area contributed by atoms with Crippen LogP contribution >= 0.6 is 15.9 Å². The van der Waals surface area contributed by atoms with Gasteiger partial charge in [0, 0.05) is 6.04 Å². The Hall–Kier alpha value is -0.740. The SMILES string of the molecule is COc1ccc(CC(C)CNC2CC2)c(OC)c1Br. The van der Waals surface area contributed by atoms with Crippen molar-refractivity contribution in [1.82, 2.24) is 5.32 Å². The van der Waals surface area contributed by atoms with E-state index >= 15 is 0 Å². The fourth-order valence-electron chi connectivity index (χ4n) is 2.22. The third-order valence-corrected chi connectivity index (χ3v) is 4.22. The highest BCUT2D eigenvalue weighted by Gasteiger charge is 2.21. The molecule has 0 spiro atoms. The molecule has 2 rings (SSSR count). The number of nitrogens with one attached hydrogen (secondary N) is 1. The molecule has 1 fully saturated rings. The fourth-order valence-corrected chi connectivity index (χ4v) is 2.93. The molecule has 1 aromatic carbocycles. The lowest BCUT2D eigenvalue weighted by atomic mass is 10.00. The minimum Gasteiger partial charge on any atom is -0.495 e. The Balaban J connectivity index is 2.03. The van der Waals surface area contributed by atoms with Crippen LogP contribution in [-0.2, 0) is 6.42 Å². The molecule has 1 unspecified atom stereocenters. The van der Waals surface area contributed by atoms with Crippen LogP contribution in [0.1, 0.15) is 25.3 Å². The van der Waals surface area contributed by atoms with Crippen molar-refractivity contribution in [2.24, 2.45) is 5.92 Å². The molecule has 0 aliphatic heterocycles. The molecule has 1 aliphatic rings. The van der Waals surface area contributed by atoms with Gasteiger partial charge in [0.05, 0.1) is 14.2 Å². The van der Waals surface area contributed by atoms with Crippen molar-refractivity contribution in [1.29, 1.82) is 0 Å². The molecule has 3 nitrogen and oxygen atoms in total. The largest absolute Gasteiger partial charge is 0.495 e. The van der Waals surface area contributed by atoms with E-state index < -0.39 is 0 Å². The molecule has 0 bridgehead atoms. The predicted octanol–water partition coefficient (Wildman–Crippen LogP) is 3.40. The molecule has 1 aromatic rings. The molecule has 1 atom stereocenters. The van der Waals surface area contributed by atoms with Gasteiger partial charge in [-0.2, -0.15) is 0 Å². The highest BCUT2D eigenvalue weighted by Crippen LogP contribution is 2.38. The lowest BCUT2D eigenvalue weighted by Crippen LogP contribution is -2.24. The first-order valence-corrected chi connectivity index (χ1v) is 7.57. The van der Waals surface area contributed by atoms with Crippen LogP contribution in [0.4, 0.5) is 0 Å². The van der Waals surface area contributed by atoms with Gasteiger partial charge in [-0.15, -0.1) is 0 Å². The normalized spacial score (nSPS) is 16.2. The molecule has 106 valence electrons. The van der Waals surface area contributed by atoms with Crippen LogP contribution in [-0.4, -0.2) is 26.8 Å². The first-order chi connectivity index (χ1) is 9.15. The Labute approximate surface area is 123 Å². The predicted molar refractivity (Wildman–Crippen MR) is 81.1 cm³/mol. The monoisotopic (exact) mass is 327 g/mol. The quantitative estimate of drug-likeness (QED) is 0.832. The van der Waals surface area contributed by atoms with Crippen LogP contribution in [0.25, 0.3) is 0 Å². The van der Waals surface area contributed by atoms with E-state index in [0.29, 0.717) is 5.92 Å². The van der Waals surface area contributed by atoms with Gasteiger partial charge in [-0.25, -0.2) is 0 Å². The molecule has 1 N–H and O–H groups in total. The zero-order valence-corrected chi connectivity index (χ0v) is 13.4. The summed E-state index contributed by atoms with van der Waals surface area (Å²) in [5.74, 6) is 2.29. The summed E-state index contributed by atoms with van der Waals surface area (Å²) in [6, 6.07) is 4.85. The molecule has 4 heteroatoms. The van der Waals surface area contributed by atoms with Gasteiger partial charge < -0.3 is 14.8 Å². The van der Waals surface area contributed by atoms with Gasteiger partial charge in [-0.05, 0) is 59.3 Å². The summed E-state index contributed by atoms with van der Waals surface area (Å²) < 4.78 is 11.7. The van der Waals surface area contributed by atoms with Crippen molar-refractivity contribution in [3.8, 4) is 11.5 Å². The Bertz CT molecular complexity index is 432. The van der Waals surface area contributed by atoms with Crippen molar-refractivity contribution in [2.45, 2.75) is 32.2 Å². The van der Waals surface area contributed by atoms with Gasteiger partial charge in [0.2, 0.25) is 0 Å². The average Bonchev–Trinajstić information content (AvgIpc) is 3.21. The summed E-state index contributed by atoms with van der Waals surface area (Å²) in [5, 5.41) is 3.57. The summed E-state index contributed by atoms with van der Waals surface area (Å²) in [6.07, 6.45) is 3.68. The second kappa shape index (κ2) is 6.62. The minimum absolute atomic E-state index is 0.592. The summed E-state index contributed by atoms with van der Waals surface area (Å²) in [5.41, 5.74) is 1.22. The van der Waals surface area contributed by atoms with Crippen LogP contribution < -0.4 is 14.8 Å². The van der Waals surface area contributed by atoms with E-state index in [9.17, 15) is 0 Å². The third kappa shape index (κ3) is 3.86. The van der Waals surface area contributed by atoms with Gasteiger partial charge in [0.25, 0.3) is 0 Å². The number of hydrogen-bond donors (Lipinski definition) is 1. The summed E-state index contributed by atoms with van der Waals surface area (Å²) in [4.78, 5) is 0. The topological polar surface area (TPSA) is 30.5 Å². The van der Waals surface area contributed by atoms with Crippen molar-refractivity contribution in [3.05, 3.63) is 22.2 Å². The van der Waals surface area contributed by atoms with E-state index in [-0.39, 0.29) is 0 Å². The second-order valence-electron chi connectivity index (χ2n) is 5.27. The number of rotatable bonds is 7. The van der Waals surface area contributed by atoms with E-state index in [0.717, 1.165) is 35.0 Å². The van der Waals surface area contributed by atoms with Crippen LogP contribution in [0, 0.1) is 5.92 Å². The Morgan fingerprint density at radius 3 is 2.63 bits per heavy atom. The molecular formula is C15H22BrNO2. The molecular weight excluding hydrogens is 306 g/mol. The lowest BCUT2D eigenvalue weighted by molar-refractivity contribution is 0.383. The molecule has 0 amide bonds. The highest BCUT2D eigenvalue weighted by molar-refractivity contribution is 9.10. The van der Waals surface area contributed by atoms with Crippen LogP contribution in [0.5, 0.6) is 11.5 Å². The van der Waals surface area contributed by atoms with Crippen molar-refractivity contribution >= 4 is 15.9 Å². The Morgan fingerprint density at radius 2 is 2.05 bits per heavy atom. The number of hydrogen-bond acceptors (Lipinski definition) is 3. The van der Waals surface area contributed by atoms with Crippen LogP contribution in [0.15, 0.2) is 16.6 Å². The summed E-state index contributed by atoms with van der Waals surface area (Å²) in [7, 11) is 3.37. The smallest absolute Gasteiger partial charge is 0.140 e. The Kier molecular flexibility index (Phi) is 5.11. The van der Waals surface area contributed by atoms with Gasteiger partial charge in [0.15, 0.2) is 0 Å². The van der Waals surface area contributed by atoms with Crippen molar-refractivity contribution < 1.29 is 9.47 Å². The number of ether oxygens (including phenoxy) is 2. The van der Waals surface area contributed by atoms with Gasteiger partial charge >= 0.3 is 0 Å². The maximum absolute atomic E-state index is 5.51. The number of methoxy groups -OCH3 is 2. The van der Waals surface area contributed by atoms with E-state index in [4.69, 9.17) is 9.47 Å². The molecule has 0 saturated heterocycles. The standard InChI is InChI=1S/C15H22BrNO2/c1-10(9-17-12-5-6-12)8-11-4-7-13(18-2)14(16)15(11)19-3/h4,7,10,12,17H,5-6,8-9H2,1-3H3. The number of benzene rings is 1. The summed E-state index contributed by atoms with van der Waals surface area (Å²) in [6.45, 7) is 3.34. The zero-order chi connectivity index (χ0) is 13.8. The third-order valence-electron chi connectivity index (χ3n) is 3.47. The molecule has 1 aliphatic carbocycles. The highest BCUT2D eigenvalue weighted by atomic mass is 79.9. The maximum atomic E-state index is 5.51. The van der Waals surface area contributed by atoms with Crippen molar-refractivity contribution in [3.63, 3.8) is 0 Å². The van der Waals surface area contributed by atoms with E-state index in [1.807, 2.05) is 6.07 Å². The number of halogens is 1. The van der Waals surface area contributed by atoms with E-state index in [1.54, 1.807) is 14.2 Å². The van der Waals surface area contributed by atoms with Crippen molar-refractivity contribution in [2.75, 3.05) is 20.8 Å².